The predicted octanol–water partition coefficient (Wildman–Crippen LogP) is 4.61. The molecule has 2 saturated carbocycles. The fourth-order valence-corrected chi connectivity index (χ4v) is 4.33. The van der Waals surface area contributed by atoms with Gasteiger partial charge < -0.3 is 10.5 Å². The fourth-order valence-electron chi connectivity index (χ4n) is 4.33. The first kappa shape index (κ1) is 19.8. The molecule has 2 rings (SSSR count). The molecular formula is C18H34ClNO2. The van der Waals surface area contributed by atoms with Gasteiger partial charge in [0.15, 0.2) is 0 Å². The van der Waals surface area contributed by atoms with Crippen molar-refractivity contribution in [2.45, 2.75) is 89.0 Å². The van der Waals surface area contributed by atoms with E-state index in [1.807, 2.05) is 0 Å². The molecule has 4 heteroatoms. The number of ether oxygens (including phenoxy) is 1. The van der Waals surface area contributed by atoms with Crippen LogP contribution in [0.3, 0.4) is 0 Å². The molecule has 0 amide bonds. The number of esters is 1. The highest BCUT2D eigenvalue weighted by atomic mass is 35.5. The second kappa shape index (κ2) is 9.77. The van der Waals surface area contributed by atoms with Gasteiger partial charge in [-0.1, -0.05) is 64.2 Å². The van der Waals surface area contributed by atoms with Crippen LogP contribution >= 0.6 is 12.4 Å². The Kier molecular flexibility index (Phi) is 8.78. The molecule has 0 unspecified atom stereocenters. The Bertz CT molecular complexity index is 325. The first-order valence-electron chi connectivity index (χ1n) is 9.01. The van der Waals surface area contributed by atoms with E-state index in [0.29, 0.717) is 5.92 Å². The quantitative estimate of drug-likeness (QED) is 0.723. The first-order chi connectivity index (χ1) is 10.1. The molecule has 0 aromatic rings. The maximum atomic E-state index is 12.2. The van der Waals surface area contributed by atoms with Crippen LogP contribution in [-0.4, -0.2) is 18.6 Å². The average molecular weight is 332 g/mol. The van der Waals surface area contributed by atoms with Crippen LogP contribution in [0.25, 0.3) is 0 Å². The van der Waals surface area contributed by atoms with Crippen LogP contribution < -0.4 is 5.73 Å². The van der Waals surface area contributed by atoms with Crippen molar-refractivity contribution in [3.63, 3.8) is 0 Å². The molecule has 2 N–H and O–H groups in total. The van der Waals surface area contributed by atoms with E-state index in [-0.39, 0.29) is 18.4 Å². The summed E-state index contributed by atoms with van der Waals surface area (Å²) >= 11 is 0. The number of carbonyl (C=O) groups is 1. The Balaban J connectivity index is 0.00000242. The molecule has 0 bridgehead atoms. The zero-order valence-electron chi connectivity index (χ0n) is 14.1. The summed E-state index contributed by atoms with van der Waals surface area (Å²) in [6.45, 7) is 0. The van der Waals surface area contributed by atoms with Crippen molar-refractivity contribution in [3.8, 4) is 0 Å². The van der Waals surface area contributed by atoms with Crippen LogP contribution in [0.4, 0.5) is 0 Å². The molecule has 130 valence electrons. The Morgan fingerprint density at radius 1 is 1.00 bits per heavy atom. The molecule has 0 saturated heterocycles. The Morgan fingerprint density at radius 2 is 1.50 bits per heavy atom. The minimum atomic E-state index is -0.742. The number of hydrogen-bond donors (Lipinski definition) is 1. The molecule has 2 aliphatic carbocycles. The van der Waals surface area contributed by atoms with Crippen LogP contribution in [-0.2, 0) is 9.53 Å². The molecule has 0 aromatic heterocycles. The van der Waals surface area contributed by atoms with Crippen molar-refractivity contribution < 1.29 is 9.53 Å². The summed E-state index contributed by atoms with van der Waals surface area (Å²) in [6.07, 6.45) is 15.9. The van der Waals surface area contributed by atoms with Gasteiger partial charge in [0.05, 0.1) is 7.11 Å². The fraction of sp³-hybridized carbons (Fsp3) is 0.944. The van der Waals surface area contributed by atoms with Gasteiger partial charge in [-0.2, -0.15) is 0 Å². The second-order valence-electron chi connectivity index (χ2n) is 7.40. The van der Waals surface area contributed by atoms with Crippen molar-refractivity contribution in [1.29, 1.82) is 0 Å². The monoisotopic (exact) mass is 331 g/mol. The molecule has 3 nitrogen and oxygen atoms in total. The van der Waals surface area contributed by atoms with E-state index >= 15 is 0 Å². The highest BCUT2D eigenvalue weighted by molar-refractivity contribution is 5.85. The summed E-state index contributed by atoms with van der Waals surface area (Å²) in [5.41, 5.74) is 5.78. The van der Waals surface area contributed by atoms with E-state index in [2.05, 4.69) is 0 Å². The Hall–Kier alpha value is -0.280. The molecule has 1 atom stereocenters. The van der Waals surface area contributed by atoms with E-state index in [9.17, 15) is 4.79 Å². The van der Waals surface area contributed by atoms with Gasteiger partial charge in [-0.15, -0.1) is 12.4 Å². The molecule has 22 heavy (non-hydrogen) atoms. The summed E-state index contributed by atoms with van der Waals surface area (Å²) in [6, 6.07) is 0. The SMILES string of the molecule is COC(=O)[C@@](N)(CCC1CCCCC1)CC1CCCCC1.Cl. The Morgan fingerprint density at radius 3 is 2.00 bits per heavy atom. The lowest BCUT2D eigenvalue weighted by molar-refractivity contribution is -0.148. The molecule has 0 radical (unpaired) electrons. The predicted molar refractivity (Wildman–Crippen MR) is 93.2 cm³/mol. The van der Waals surface area contributed by atoms with Gasteiger partial charge in [0.1, 0.15) is 5.54 Å². The highest BCUT2D eigenvalue weighted by Crippen LogP contribution is 2.35. The first-order valence-corrected chi connectivity index (χ1v) is 9.01. The number of methoxy groups -OCH3 is 1. The van der Waals surface area contributed by atoms with Crippen molar-refractivity contribution in [2.24, 2.45) is 17.6 Å². The second-order valence-corrected chi connectivity index (χ2v) is 7.40. The van der Waals surface area contributed by atoms with Crippen LogP contribution in [0.1, 0.15) is 83.5 Å². The number of rotatable bonds is 6. The summed E-state index contributed by atoms with van der Waals surface area (Å²) in [5.74, 6) is 1.20. The lowest BCUT2D eigenvalue weighted by Gasteiger charge is -2.34. The van der Waals surface area contributed by atoms with Gasteiger partial charge in [0, 0.05) is 0 Å². The standard InChI is InChI=1S/C18H33NO2.ClH/c1-21-17(20)18(19,14-16-10-6-3-7-11-16)13-12-15-8-4-2-5-9-15;/h15-16H,2-14,19H2,1H3;1H/t18-;/m1./s1. The van der Waals surface area contributed by atoms with Gasteiger partial charge >= 0.3 is 5.97 Å². The highest BCUT2D eigenvalue weighted by Gasteiger charge is 2.38. The van der Waals surface area contributed by atoms with E-state index in [4.69, 9.17) is 10.5 Å². The van der Waals surface area contributed by atoms with Crippen LogP contribution in [0.15, 0.2) is 0 Å². The smallest absolute Gasteiger partial charge is 0.325 e. The molecular weight excluding hydrogens is 298 g/mol. The maximum Gasteiger partial charge on any atom is 0.325 e. The van der Waals surface area contributed by atoms with E-state index in [1.165, 1.54) is 71.3 Å². The normalized spacial score (nSPS) is 23.4. The Labute approximate surface area is 142 Å². The molecule has 0 aliphatic heterocycles. The largest absolute Gasteiger partial charge is 0.468 e. The van der Waals surface area contributed by atoms with Gasteiger partial charge in [-0.3, -0.25) is 4.79 Å². The van der Waals surface area contributed by atoms with Gasteiger partial charge in [-0.05, 0) is 31.1 Å². The van der Waals surface area contributed by atoms with Crippen LogP contribution in [0, 0.1) is 11.8 Å². The van der Waals surface area contributed by atoms with Crippen molar-refractivity contribution in [1.82, 2.24) is 0 Å². The molecule has 0 spiro atoms. The van der Waals surface area contributed by atoms with E-state index < -0.39 is 5.54 Å². The summed E-state index contributed by atoms with van der Waals surface area (Å²) in [7, 11) is 1.48. The molecule has 2 fully saturated rings. The summed E-state index contributed by atoms with van der Waals surface area (Å²) < 4.78 is 5.03. The van der Waals surface area contributed by atoms with E-state index in [0.717, 1.165) is 25.2 Å². The third-order valence-corrected chi connectivity index (χ3v) is 5.69. The van der Waals surface area contributed by atoms with Crippen molar-refractivity contribution in [3.05, 3.63) is 0 Å². The lowest BCUT2D eigenvalue weighted by atomic mass is 9.75. The van der Waals surface area contributed by atoms with Gasteiger partial charge in [0.2, 0.25) is 0 Å². The number of nitrogens with two attached hydrogens (primary N) is 1. The molecule has 0 heterocycles. The van der Waals surface area contributed by atoms with Crippen molar-refractivity contribution >= 4 is 18.4 Å². The van der Waals surface area contributed by atoms with Crippen LogP contribution in [0.5, 0.6) is 0 Å². The van der Waals surface area contributed by atoms with E-state index in [1.54, 1.807) is 0 Å². The number of hydrogen-bond acceptors (Lipinski definition) is 3. The third kappa shape index (κ3) is 5.73. The van der Waals surface area contributed by atoms with Gasteiger partial charge in [0.25, 0.3) is 0 Å². The summed E-state index contributed by atoms with van der Waals surface area (Å²) in [4.78, 5) is 12.2. The minimum Gasteiger partial charge on any atom is -0.468 e. The zero-order chi connectivity index (χ0) is 15.1. The minimum absolute atomic E-state index is 0. The molecule has 0 aromatic carbocycles. The average Bonchev–Trinajstić information content (AvgIpc) is 2.54. The number of carbonyl (C=O) groups excluding carboxylic acids is 1. The third-order valence-electron chi connectivity index (χ3n) is 5.69. The summed E-state index contributed by atoms with van der Waals surface area (Å²) in [5, 5.41) is 0. The zero-order valence-corrected chi connectivity index (χ0v) is 15.0. The van der Waals surface area contributed by atoms with Gasteiger partial charge in [-0.25, -0.2) is 0 Å². The molecule has 2 aliphatic rings. The van der Waals surface area contributed by atoms with Crippen LogP contribution in [0.2, 0.25) is 0 Å². The topological polar surface area (TPSA) is 52.3 Å². The number of halogens is 1. The maximum absolute atomic E-state index is 12.2. The van der Waals surface area contributed by atoms with Crippen molar-refractivity contribution in [2.75, 3.05) is 7.11 Å². The lowest BCUT2D eigenvalue weighted by Crippen LogP contribution is -2.50.